The zero-order valence-electron chi connectivity index (χ0n) is 8.98. The summed E-state index contributed by atoms with van der Waals surface area (Å²) in [6.07, 6.45) is 0. The van der Waals surface area contributed by atoms with Crippen molar-refractivity contribution in [3.05, 3.63) is 11.8 Å². The van der Waals surface area contributed by atoms with Crippen molar-refractivity contribution in [2.75, 3.05) is 0 Å². The normalized spacial score (nSPS) is 10.5. The van der Waals surface area contributed by atoms with Crippen LogP contribution in [0.15, 0.2) is 11.1 Å². The van der Waals surface area contributed by atoms with Crippen LogP contribution in [0.25, 0.3) is 0 Å². The molecular formula is C10H12N4S. The average molecular weight is 220 g/mol. The second-order valence-corrected chi connectivity index (χ2v) is 4.34. The van der Waals surface area contributed by atoms with E-state index >= 15 is 0 Å². The van der Waals surface area contributed by atoms with E-state index in [-0.39, 0.29) is 12.0 Å². The van der Waals surface area contributed by atoms with E-state index in [9.17, 15) is 0 Å². The summed E-state index contributed by atoms with van der Waals surface area (Å²) in [4.78, 5) is 3.81. The lowest BCUT2D eigenvalue weighted by molar-refractivity contribution is 0.511. The number of aliphatic imine (C=N–C) groups is 1. The molecule has 0 aliphatic carbocycles. The van der Waals surface area contributed by atoms with Gasteiger partial charge in [0, 0.05) is 17.2 Å². The summed E-state index contributed by atoms with van der Waals surface area (Å²) in [7, 11) is 0. The molecule has 0 fully saturated rings. The van der Waals surface area contributed by atoms with Crippen LogP contribution in [0.5, 0.6) is 0 Å². The van der Waals surface area contributed by atoms with Gasteiger partial charge in [0.25, 0.3) is 0 Å². The first-order valence-electron chi connectivity index (χ1n) is 4.52. The van der Waals surface area contributed by atoms with E-state index in [2.05, 4.69) is 54.3 Å². The minimum atomic E-state index is -0.0704. The highest BCUT2D eigenvalue weighted by Gasteiger charge is 2.20. The summed E-state index contributed by atoms with van der Waals surface area (Å²) in [6.45, 7) is 6.40. The molecule has 0 saturated carbocycles. The summed E-state index contributed by atoms with van der Waals surface area (Å²) in [5.41, 5.74) is 0.895. The summed E-state index contributed by atoms with van der Waals surface area (Å²) in [6, 6.07) is 3.89. The van der Waals surface area contributed by atoms with Crippen LogP contribution in [0.1, 0.15) is 26.5 Å². The lowest BCUT2D eigenvalue weighted by atomic mass is 9.92. The van der Waals surface area contributed by atoms with Gasteiger partial charge in [-0.3, -0.25) is 4.68 Å². The van der Waals surface area contributed by atoms with E-state index in [4.69, 9.17) is 5.26 Å². The molecular weight excluding hydrogens is 208 g/mol. The van der Waals surface area contributed by atoms with Crippen molar-refractivity contribution in [3.8, 4) is 6.07 Å². The number of thiocarbonyl (C=S) groups is 1. The quantitative estimate of drug-likeness (QED) is 0.568. The average Bonchev–Trinajstić information content (AvgIpc) is 2.49. The van der Waals surface area contributed by atoms with Crippen molar-refractivity contribution < 1.29 is 0 Å². The van der Waals surface area contributed by atoms with Gasteiger partial charge in [-0.05, 0) is 12.2 Å². The molecule has 0 radical (unpaired) electrons. The maximum absolute atomic E-state index is 8.67. The molecule has 78 valence electrons. The molecule has 0 aromatic carbocycles. The fourth-order valence-corrected chi connectivity index (χ4v) is 1.39. The van der Waals surface area contributed by atoms with E-state index in [0.29, 0.717) is 5.82 Å². The van der Waals surface area contributed by atoms with Crippen LogP contribution < -0.4 is 0 Å². The van der Waals surface area contributed by atoms with Crippen molar-refractivity contribution in [1.29, 1.82) is 5.26 Å². The van der Waals surface area contributed by atoms with Crippen LogP contribution in [0.4, 0.5) is 5.82 Å². The maximum Gasteiger partial charge on any atom is 0.184 e. The lowest BCUT2D eigenvalue weighted by Gasteiger charge is -2.18. The van der Waals surface area contributed by atoms with Gasteiger partial charge in [-0.15, -0.1) is 0 Å². The monoisotopic (exact) mass is 220 g/mol. The Hall–Kier alpha value is -1.50. The Kier molecular flexibility index (Phi) is 3.35. The van der Waals surface area contributed by atoms with Gasteiger partial charge < -0.3 is 0 Å². The number of isothiocyanates is 1. The van der Waals surface area contributed by atoms with Crippen LogP contribution in [0.3, 0.4) is 0 Å². The van der Waals surface area contributed by atoms with Gasteiger partial charge in [0.05, 0.1) is 11.2 Å². The summed E-state index contributed by atoms with van der Waals surface area (Å²) in [5, 5.41) is 15.1. The molecule has 1 heterocycles. The molecule has 0 N–H and O–H groups in total. The third-order valence-electron chi connectivity index (χ3n) is 1.92. The number of hydrogen-bond donors (Lipinski definition) is 0. The van der Waals surface area contributed by atoms with Gasteiger partial charge in [0.1, 0.15) is 6.54 Å². The van der Waals surface area contributed by atoms with Crippen molar-refractivity contribution in [2.24, 2.45) is 4.99 Å². The Labute approximate surface area is 94.2 Å². The number of hydrogen-bond acceptors (Lipinski definition) is 4. The highest BCUT2D eigenvalue weighted by atomic mass is 32.1. The molecule has 5 heteroatoms. The van der Waals surface area contributed by atoms with Gasteiger partial charge in [0.15, 0.2) is 5.82 Å². The summed E-state index contributed by atoms with van der Waals surface area (Å²) >= 11 is 4.51. The maximum atomic E-state index is 8.67. The molecule has 1 aromatic rings. The van der Waals surface area contributed by atoms with Gasteiger partial charge in [-0.1, -0.05) is 20.8 Å². The number of nitriles is 1. The van der Waals surface area contributed by atoms with Gasteiger partial charge in [0.2, 0.25) is 0 Å². The van der Waals surface area contributed by atoms with Crippen molar-refractivity contribution in [1.82, 2.24) is 9.78 Å². The van der Waals surface area contributed by atoms with Gasteiger partial charge in [-0.2, -0.15) is 15.4 Å². The minimum Gasteiger partial charge on any atom is -0.253 e. The molecule has 15 heavy (non-hydrogen) atoms. The molecule has 0 aliphatic rings. The highest BCUT2D eigenvalue weighted by molar-refractivity contribution is 7.78. The Morgan fingerprint density at radius 2 is 2.27 bits per heavy atom. The number of aromatic nitrogens is 2. The molecule has 1 aromatic heterocycles. The predicted octanol–water partition coefficient (Wildman–Crippen LogP) is 2.44. The Morgan fingerprint density at radius 3 is 2.73 bits per heavy atom. The second-order valence-electron chi connectivity index (χ2n) is 4.16. The van der Waals surface area contributed by atoms with Crippen molar-refractivity contribution in [3.63, 3.8) is 0 Å². The Morgan fingerprint density at radius 1 is 1.60 bits per heavy atom. The van der Waals surface area contributed by atoms with E-state index in [1.807, 2.05) is 6.07 Å². The van der Waals surface area contributed by atoms with Crippen LogP contribution in [-0.2, 0) is 12.0 Å². The van der Waals surface area contributed by atoms with E-state index in [1.165, 1.54) is 0 Å². The molecule has 0 atom stereocenters. The van der Waals surface area contributed by atoms with Crippen LogP contribution in [-0.4, -0.2) is 14.9 Å². The molecule has 0 bridgehead atoms. The Balaban J connectivity index is 3.24. The number of rotatable bonds is 2. The zero-order chi connectivity index (χ0) is 11.5. The first-order valence-corrected chi connectivity index (χ1v) is 4.93. The predicted molar refractivity (Wildman–Crippen MR) is 61.2 cm³/mol. The third kappa shape index (κ3) is 2.72. The molecule has 0 amide bonds. The largest absolute Gasteiger partial charge is 0.253 e. The highest BCUT2D eigenvalue weighted by Crippen LogP contribution is 2.25. The van der Waals surface area contributed by atoms with Gasteiger partial charge in [-0.25, -0.2) is 0 Å². The fraction of sp³-hybridized carbons (Fsp3) is 0.500. The molecule has 0 spiro atoms. The van der Waals surface area contributed by atoms with Crippen LogP contribution in [0, 0.1) is 11.3 Å². The van der Waals surface area contributed by atoms with E-state index in [1.54, 1.807) is 4.68 Å². The lowest BCUT2D eigenvalue weighted by Crippen LogP contribution is -2.18. The van der Waals surface area contributed by atoms with E-state index < -0.39 is 0 Å². The van der Waals surface area contributed by atoms with Crippen molar-refractivity contribution >= 4 is 23.2 Å². The number of nitrogens with zero attached hydrogens (tertiary/aromatic N) is 4. The zero-order valence-corrected chi connectivity index (χ0v) is 9.80. The van der Waals surface area contributed by atoms with Gasteiger partial charge >= 0.3 is 0 Å². The van der Waals surface area contributed by atoms with Crippen LogP contribution >= 0.6 is 12.2 Å². The smallest absolute Gasteiger partial charge is 0.184 e. The Bertz CT molecular complexity index is 441. The minimum absolute atomic E-state index is 0.0704. The third-order valence-corrected chi connectivity index (χ3v) is 2.01. The first kappa shape index (κ1) is 11.6. The molecule has 4 nitrogen and oxygen atoms in total. The van der Waals surface area contributed by atoms with Crippen LogP contribution in [0.2, 0.25) is 0 Å². The fourth-order valence-electron chi connectivity index (χ4n) is 1.30. The SMILES string of the molecule is CC(C)(C)c1cc(N=C=S)nn1CC#N. The summed E-state index contributed by atoms with van der Waals surface area (Å²) < 4.78 is 1.64. The molecule has 0 unspecified atom stereocenters. The molecule has 1 rings (SSSR count). The topological polar surface area (TPSA) is 54.0 Å². The second kappa shape index (κ2) is 4.35. The van der Waals surface area contributed by atoms with E-state index in [0.717, 1.165) is 5.69 Å². The summed E-state index contributed by atoms with van der Waals surface area (Å²) in [5.74, 6) is 0.505. The van der Waals surface area contributed by atoms with Crippen molar-refractivity contribution in [2.45, 2.75) is 32.7 Å². The standard InChI is InChI=1S/C10H12N4S/c1-10(2,3)8-6-9(12-7-15)13-14(8)5-4-11/h6H,5H2,1-3H3. The molecule has 0 aliphatic heterocycles. The first-order chi connectivity index (χ1) is 6.99. The molecule has 0 saturated heterocycles.